The minimum absolute atomic E-state index is 0. The van der Waals surface area contributed by atoms with Gasteiger partial charge in [0.1, 0.15) is 0 Å². The summed E-state index contributed by atoms with van der Waals surface area (Å²) < 4.78 is 0. The molecule has 5 heteroatoms. The Morgan fingerprint density at radius 1 is 1.50 bits per heavy atom. The molecule has 0 fully saturated rings. The van der Waals surface area contributed by atoms with Crippen LogP contribution in [0.4, 0.5) is 4.79 Å². The zero-order valence-electron chi connectivity index (χ0n) is 5.18. The molecule has 0 rings (SSSR count). The predicted molar refractivity (Wildman–Crippen MR) is 29.0 cm³/mol. The summed E-state index contributed by atoms with van der Waals surface area (Å²) in [6, 6.07) is -0.833. The molecule has 0 spiro atoms. The number of rotatable bonds is 0. The first-order valence-electron chi connectivity index (χ1n) is 0.781. The number of amides is 2. The van der Waals surface area contributed by atoms with Crippen molar-refractivity contribution in [3.8, 4) is 0 Å². The minimum Gasteiger partial charge on any atom is -1.00 e. The maximum Gasteiger partial charge on any atom is 2.00 e. The van der Waals surface area contributed by atoms with E-state index < -0.39 is 6.03 Å². The van der Waals surface area contributed by atoms with Gasteiger partial charge in [-0.3, -0.25) is 0 Å². The average molecular weight is 123 g/mol. The number of halogens is 1. The van der Waals surface area contributed by atoms with E-state index in [4.69, 9.17) is 4.79 Å². The second kappa shape index (κ2) is 9.01. The molecule has 0 heterocycles. The maximum atomic E-state index is 9.00. The van der Waals surface area contributed by atoms with Crippen molar-refractivity contribution in [2.24, 2.45) is 11.5 Å². The minimum atomic E-state index is -0.833. The second-order valence-corrected chi connectivity index (χ2v) is 0.402. The van der Waals surface area contributed by atoms with Crippen LogP contribution < -0.4 is 11.5 Å². The molecule has 0 radical (unpaired) electrons. The van der Waals surface area contributed by atoms with Crippen LogP contribution in [0.1, 0.15) is 2.85 Å². The van der Waals surface area contributed by atoms with E-state index in [0.29, 0.717) is 0 Å². The number of urea groups is 1. The molecule has 0 aliphatic heterocycles. The van der Waals surface area contributed by atoms with Crippen LogP contribution >= 0.6 is 12.4 Å². The Labute approximate surface area is 61.0 Å². The molecule has 0 aliphatic rings. The average Bonchev–Trinajstić information content (AvgIpc) is 0.811. The summed E-state index contributed by atoms with van der Waals surface area (Å²) in [6.07, 6.45) is 0. The second-order valence-electron chi connectivity index (χ2n) is 0.402. The molecular weight excluding hydrogens is 116 g/mol. The van der Waals surface area contributed by atoms with E-state index in [-0.39, 0.29) is 38.3 Å². The van der Waals surface area contributed by atoms with Gasteiger partial charge in [0.25, 0.3) is 0 Å². The van der Waals surface area contributed by atoms with E-state index >= 15 is 0 Å². The first kappa shape index (κ1) is 16.2. The Kier molecular flexibility index (Phi) is 24.4. The summed E-state index contributed by atoms with van der Waals surface area (Å²) >= 11 is 0. The fourth-order valence-corrected chi connectivity index (χ4v) is 0. The Bertz CT molecular complexity index is 43.0. The van der Waals surface area contributed by atoms with Crippen LogP contribution in [-0.2, 0) is 0 Å². The van der Waals surface area contributed by atoms with Crippen LogP contribution in [-0.4, -0.2) is 29.1 Å². The summed E-state index contributed by atoms with van der Waals surface area (Å²) in [7, 11) is 0. The zero-order valence-corrected chi connectivity index (χ0v) is 5.41. The molecule has 0 aromatic carbocycles. The third-order valence-electron chi connectivity index (χ3n) is 0. The summed E-state index contributed by atoms with van der Waals surface area (Å²) in [4.78, 5) is 9.00. The van der Waals surface area contributed by atoms with Crippen LogP contribution in [0.15, 0.2) is 0 Å². The Morgan fingerprint density at radius 3 is 1.50 bits per heavy atom. The molecule has 4 N–H and O–H groups in total. The quantitative estimate of drug-likeness (QED) is 0.410. The van der Waals surface area contributed by atoms with E-state index in [1.54, 1.807) is 0 Å². The molecule has 0 aromatic rings. The molecule has 0 aliphatic carbocycles. The molecule has 6 heavy (non-hydrogen) atoms. The van der Waals surface area contributed by atoms with Crippen molar-refractivity contribution in [3.63, 3.8) is 0 Å². The van der Waals surface area contributed by atoms with Crippen LogP contribution in [0.5, 0.6) is 0 Å². The van der Waals surface area contributed by atoms with Crippen molar-refractivity contribution < 1.29 is 7.65 Å². The van der Waals surface area contributed by atoms with Gasteiger partial charge in [-0.15, -0.1) is 12.4 Å². The van der Waals surface area contributed by atoms with Crippen molar-refractivity contribution in [2.45, 2.75) is 0 Å². The molecule has 0 atom stereocenters. The standard InChI is InChI=1S/CH4N2O.ClH.Mg.2H/c2-1(3)4;;;;/h(H4,2,3,4);1H;;;/q;;+2;2*-1. The fraction of sp³-hybridized carbons (Fsp3) is 0. The first-order valence-corrected chi connectivity index (χ1v) is 0.781. The largest absolute Gasteiger partial charge is 2.00 e. The van der Waals surface area contributed by atoms with Crippen molar-refractivity contribution in [1.82, 2.24) is 0 Å². The Hall–Kier alpha value is 0.326. The molecule has 0 bridgehead atoms. The molecule has 0 unspecified atom stereocenters. The molecule has 0 saturated heterocycles. The summed E-state index contributed by atoms with van der Waals surface area (Å²) in [5.74, 6) is 0. The summed E-state index contributed by atoms with van der Waals surface area (Å²) in [6.45, 7) is 0. The van der Waals surface area contributed by atoms with Gasteiger partial charge in [0.15, 0.2) is 0 Å². The number of primary amides is 2. The Balaban J connectivity index is -0.00000000750. The molecule has 36 valence electrons. The van der Waals surface area contributed by atoms with Gasteiger partial charge < -0.3 is 14.3 Å². The van der Waals surface area contributed by atoms with E-state index in [9.17, 15) is 0 Å². The number of carbonyl (C=O) groups is 1. The van der Waals surface area contributed by atoms with Gasteiger partial charge in [0, 0.05) is 0 Å². The van der Waals surface area contributed by atoms with E-state index in [0.717, 1.165) is 0 Å². The van der Waals surface area contributed by atoms with E-state index in [1.807, 2.05) is 0 Å². The van der Waals surface area contributed by atoms with Gasteiger partial charge in [-0.1, -0.05) is 0 Å². The third kappa shape index (κ3) is 450. The number of carbonyl (C=O) groups excluding carboxylic acids is 1. The van der Waals surface area contributed by atoms with Crippen LogP contribution in [0.3, 0.4) is 0 Å². The van der Waals surface area contributed by atoms with Gasteiger partial charge in [0.2, 0.25) is 0 Å². The maximum absolute atomic E-state index is 9.00. The molecule has 0 saturated carbocycles. The van der Waals surface area contributed by atoms with E-state index in [2.05, 4.69) is 11.5 Å². The summed E-state index contributed by atoms with van der Waals surface area (Å²) in [5, 5.41) is 0. The van der Waals surface area contributed by atoms with Gasteiger partial charge in [0.05, 0.1) is 0 Å². The Morgan fingerprint density at radius 2 is 1.50 bits per heavy atom. The van der Waals surface area contributed by atoms with Gasteiger partial charge >= 0.3 is 29.1 Å². The monoisotopic (exact) mass is 122 g/mol. The van der Waals surface area contributed by atoms with E-state index in [1.165, 1.54) is 0 Å². The molecule has 0 aromatic heterocycles. The van der Waals surface area contributed by atoms with Crippen molar-refractivity contribution in [1.29, 1.82) is 0 Å². The smallest absolute Gasteiger partial charge is 1.00 e. The van der Waals surface area contributed by atoms with Crippen molar-refractivity contribution >= 4 is 41.5 Å². The molecular formula is CH7ClMgN2O. The molecule has 3 nitrogen and oxygen atoms in total. The van der Waals surface area contributed by atoms with Gasteiger partial charge in [-0.2, -0.15) is 0 Å². The first-order chi connectivity index (χ1) is 1.73. The van der Waals surface area contributed by atoms with Crippen molar-refractivity contribution in [3.05, 3.63) is 0 Å². The SMILES string of the molecule is Cl.NC(N)=O.[H-].[H-].[Mg+2]. The molecule has 2 amide bonds. The van der Waals surface area contributed by atoms with Crippen LogP contribution in [0.2, 0.25) is 0 Å². The van der Waals surface area contributed by atoms with Gasteiger partial charge in [-0.05, 0) is 0 Å². The van der Waals surface area contributed by atoms with Crippen LogP contribution in [0.25, 0.3) is 0 Å². The van der Waals surface area contributed by atoms with Gasteiger partial charge in [-0.25, -0.2) is 4.79 Å². The zero-order chi connectivity index (χ0) is 3.58. The van der Waals surface area contributed by atoms with Crippen LogP contribution in [0, 0.1) is 0 Å². The fourth-order valence-electron chi connectivity index (χ4n) is 0. The third-order valence-corrected chi connectivity index (χ3v) is 0. The topological polar surface area (TPSA) is 69.1 Å². The number of hydrogen-bond acceptors (Lipinski definition) is 1. The summed E-state index contributed by atoms with van der Waals surface area (Å²) in [5.41, 5.74) is 8.50. The van der Waals surface area contributed by atoms with Crippen molar-refractivity contribution in [2.75, 3.05) is 0 Å². The predicted octanol–water partition coefficient (Wildman–Crippen LogP) is -0.710. The normalized spacial score (nSPS) is 4.00. The number of hydrogen-bond donors (Lipinski definition) is 2. The number of nitrogens with two attached hydrogens (primary N) is 2.